The summed E-state index contributed by atoms with van der Waals surface area (Å²) < 4.78 is 3.01. The number of rotatable bonds is 2. The van der Waals surface area contributed by atoms with Crippen LogP contribution in [0.25, 0.3) is 0 Å². The summed E-state index contributed by atoms with van der Waals surface area (Å²) in [6.45, 7) is 1.86. The molecule has 0 radical (unpaired) electrons. The van der Waals surface area contributed by atoms with Crippen molar-refractivity contribution in [1.82, 2.24) is 10.4 Å². The van der Waals surface area contributed by atoms with Gasteiger partial charge in [0.2, 0.25) is 0 Å². The van der Waals surface area contributed by atoms with Gasteiger partial charge in [0.05, 0.1) is 6.54 Å². The number of amides is 2. The summed E-state index contributed by atoms with van der Waals surface area (Å²) in [5.74, 6) is -0.658. The van der Waals surface area contributed by atoms with Crippen LogP contribution in [-0.2, 0) is 9.53 Å². The normalized spacial score (nSPS) is 17.2. The second-order valence-corrected chi connectivity index (χ2v) is 4.30. The number of carbonyl (C=O) groups excluding carboxylic acids is 2. The van der Waals surface area contributed by atoms with Gasteiger partial charge in [-0.15, -0.1) is 0 Å². The molecule has 2 amide bonds. The third-order valence-electron chi connectivity index (χ3n) is 1.40. The Bertz CT molecular complexity index is 239. The van der Waals surface area contributed by atoms with Crippen LogP contribution in [0.5, 0.6) is 0 Å². The first-order valence-corrected chi connectivity index (χ1v) is 4.30. The van der Waals surface area contributed by atoms with Crippen molar-refractivity contribution in [2.24, 2.45) is 0 Å². The molecule has 1 fully saturated rings. The van der Waals surface area contributed by atoms with Crippen LogP contribution in [0.2, 0.25) is 0 Å². The van der Waals surface area contributed by atoms with Gasteiger partial charge in [-0.2, -0.15) is 0 Å². The Balaban J connectivity index is 2.49. The third-order valence-corrected chi connectivity index (χ3v) is 1.74. The van der Waals surface area contributed by atoms with Crippen LogP contribution in [-0.4, -0.2) is 34.5 Å². The van der Waals surface area contributed by atoms with Crippen LogP contribution in [0.4, 0.5) is 4.79 Å². The number of carbonyl (C=O) groups is 2. The Morgan fingerprint density at radius 1 is 1.69 bits per heavy atom. The fourth-order valence-electron chi connectivity index (χ4n) is 0.716. The lowest BCUT2D eigenvalue weighted by atomic mass is 10.4. The van der Waals surface area contributed by atoms with E-state index in [0.717, 1.165) is 5.01 Å². The largest absolute Gasteiger partial charge is 0.446 e. The smallest absolute Gasteiger partial charge is 0.428 e. The molecule has 1 rings (SSSR count). The zero-order chi connectivity index (χ0) is 10.1. The Labute approximate surface area is 84.9 Å². The van der Waals surface area contributed by atoms with E-state index < -0.39 is 16.3 Å². The van der Waals surface area contributed by atoms with Gasteiger partial charge in [-0.25, -0.2) is 9.80 Å². The Kier molecular flexibility index (Phi) is 2.87. The molecule has 0 atom stereocenters. The quantitative estimate of drug-likeness (QED) is 0.705. The average Bonchev–Trinajstić information content (AvgIpc) is 2.34. The summed E-state index contributed by atoms with van der Waals surface area (Å²) in [6.07, 6.45) is -0.606. The molecule has 1 aliphatic heterocycles. The number of nitrogens with one attached hydrogen (secondary N) is 1. The van der Waals surface area contributed by atoms with Crippen LogP contribution in [0.1, 0.15) is 6.92 Å². The van der Waals surface area contributed by atoms with Crippen molar-refractivity contribution in [3.8, 4) is 0 Å². The van der Waals surface area contributed by atoms with Crippen LogP contribution in [0.3, 0.4) is 0 Å². The van der Waals surface area contributed by atoms with Crippen LogP contribution >= 0.6 is 23.2 Å². The summed E-state index contributed by atoms with van der Waals surface area (Å²) in [6, 6.07) is 0. The van der Waals surface area contributed by atoms with E-state index in [2.05, 4.69) is 10.2 Å². The number of hydrogen-bond acceptors (Lipinski definition) is 3. The van der Waals surface area contributed by atoms with Crippen LogP contribution in [0, 0.1) is 0 Å². The van der Waals surface area contributed by atoms with Gasteiger partial charge in [-0.1, -0.05) is 23.2 Å². The Hall–Kier alpha value is -0.680. The van der Waals surface area contributed by atoms with Crippen molar-refractivity contribution < 1.29 is 14.3 Å². The minimum atomic E-state index is -1.55. The van der Waals surface area contributed by atoms with E-state index in [0.29, 0.717) is 6.54 Å². The van der Waals surface area contributed by atoms with Crippen molar-refractivity contribution >= 4 is 35.2 Å². The molecule has 1 saturated heterocycles. The molecule has 0 aromatic heterocycles. The zero-order valence-electron chi connectivity index (χ0n) is 6.84. The molecular formula is C6H8Cl2N2O3. The molecule has 0 unspecified atom stereocenters. The minimum absolute atomic E-state index is 0.250. The Morgan fingerprint density at radius 3 is 2.69 bits per heavy atom. The number of hydrogen-bond donors (Lipinski definition) is 1. The average molecular weight is 227 g/mol. The first kappa shape index (κ1) is 10.4. The van der Waals surface area contributed by atoms with Gasteiger partial charge in [0.15, 0.2) is 4.33 Å². The third kappa shape index (κ3) is 2.63. The first-order chi connectivity index (χ1) is 5.91. The SMILES string of the molecule is CC(Cl)(Cl)C(=O)NN1CCOC1=O. The topological polar surface area (TPSA) is 58.6 Å². The summed E-state index contributed by atoms with van der Waals surface area (Å²) >= 11 is 11.0. The highest BCUT2D eigenvalue weighted by atomic mass is 35.5. The number of nitrogens with zero attached hydrogens (tertiary/aromatic N) is 1. The predicted molar refractivity (Wildman–Crippen MR) is 46.3 cm³/mol. The Morgan fingerprint density at radius 2 is 2.31 bits per heavy atom. The molecule has 5 nitrogen and oxygen atoms in total. The monoisotopic (exact) mass is 226 g/mol. The number of alkyl halides is 2. The number of ether oxygens (including phenoxy) is 1. The maximum absolute atomic E-state index is 11.1. The molecule has 1 N–H and O–H groups in total. The van der Waals surface area contributed by atoms with Gasteiger partial charge in [0, 0.05) is 0 Å². The first-order valence-electron chi connectivity index (χ1n) is 3.54. The highest BCUT2D eigenvalue weighted by Crippen LogP contribution is 2.19. The van der Waals surface area contributed by atoms with Crippen molar-refractivity contribution in [2.75, 3.05) is 13.2 Å². The fraction of sp³-hybridized carbons (Fsp3) is 0.667. The minimum Gasteiger partial charge on any atom is -0.446 e. The van der Waals surface area contributed by atoms with E-state index in [-0.39, 0.29) is 6.61 Å². The van der Waals surface area contributed by atoms with Gasteiger partial charge in [-0.05, 0) is 6.92 Å². The van der Waals surface area contributed by atoms with E-state index >= 15 is 0 Å². The molecule has 1 heterocycles. The van der Waals surface area contributed by atoms with Crippen molar-refractivity contribution in [3.05, 3.63) is 0 Å². The standard InChI is InChI=1S/C6H8Cl2N2O3/c1-6(7,8)4(11)9-10-2-3-13-5(10)12/h2-3H2,1H3,(H,9,11). The summed E-state index contributed by atoms with van der Waals surface area (Å²) in [4.78, 5) is 22.0. The summed E-state index contributed by atoms with van der Waals surface area (Å²) in [5, 5.41) is 1.02. The molecule has 0 spiro atoms. The van der Waals surface area contributed by atoms with E-state index in [1.54, 1.807) is 0 Å². The van der Waals surface area contributed by atoms with Gasteiger partial charge in [0.1, 0.15) is 6.61 Å². The van der Waals surface area contributed by atoms with E-state index in [9.17, 15) is 9.59 Å². The molecule has 0 aromatic carbocycles. The summed E-state index contributed by atoms with van der Waals surface area (Å²) in [5.41, 5.74) is 2.22. The second kappa shape index (κ2) is 3.59. The molecule has 0 aromatic rings. The predicted octanol–water partition coefficient (Wildman–Crippen LogP) is 0.664. The highest BCUT2D eigenvalue weighted by molar-refractivity contribution is 6.57. The molecule has 7 heteroatoms. The maximum Gasteiger partial charge on any atom is 0.428 e. The number of hydrazine groups is 1. The number of halogens is 2. The van der Waals surface area contributed by atoms with Crippen molar-refractivity contribution in [2.45, 2.75) is 11.3 Å². The van der Waals surface area contributed by atoms with E-state index in [4.69, 9.17) is 23.2 Å². The molecule has 1 aliphatic rings. The zero-order valence-corrected chi connectivity index (χ0v) is 8.35. The van der Waals surface area contributed by atoms with E-state index in [1.165, 1.54) is 6.92 Å². The second-order valence-electron chi connectivity index (χ2n) is 2.60. The van der Waals surface area contributed by atoms with Gasteiger partial charge < -0.3 is 4.74 Å². The maximum atomic E-state index is 11.1. The highest BCUT2D eigenvalue weighted by Gasteiger charge is 2.32. The molecule has 0 saturated carbocycles. The molecule has 0 aliphatic carbocycles. The van der Waals surface area contributed by atoms with E-state index in [1.807, 2.05) is 0 Å². The molecule has 74 valence electrons. The lowest BCUT2D eigenvalue weighted by molar-refractivity contribution is -0.124. The molecule has 13 heavy (non-hydrogen) atoms. The number of cyclic esters (lactones) is 1. The van der Waals surface area contributed by atoms with Gasteiger partial charge in [0.25, 0.3) is 5.91 Å². The van der Waals surface area contributed by atoms with Crippen LogP contribution < -0.4 is 5.43 Å². The molecular weight excluding hydrogens is 219 g/mol. The van der Waals surface area contributed by atoms with Crippen molar-refractivity contribution in [1.29, 1.82) is 0 Å². The van der Waals surface area contributed by atoms with Crippen molar-refractivity contribution in [3.63, 3.8) is 0 Å². The van der Waals surface area contributed by atoms with Gasteiger partial charge in [-0.3, -0.25) is 10.2 Å². The lowest BCUT2D eigenvalue weighted by Gasteiger charge is -2.18. The van der Waals surface area contributed by atoms with Gasteiger partial charge >= 0.3 is 6.09 Å². The fourth-order valence-corrected chi connectivity index (χ4v) is 0.800. The summed E-state index contributed by atoms with van der Waals surface area (Å²) in [7, 11) is 0. The lowest BCUT2D eigenvalue weighted by Crippen LogP contribution is -2.48. The van der Waals surface area contributed by atoms with Crippen LogP contribution in [0.15, 0.2) is 0 Å². The molecule has 0 bridgehead atoms.